The molecule has 7 heteroatoms. The Labute approximate surface area is 110 Å². The van der Waals surface area contributed by atoms with Gasteiger partial charge in [0.2, 0.25) is 0 Å². The van der Waals surface area contributed by atoms with Crippen molar-refractivity contribution in [1.82, 2.24) is 14.9 Å². The van der Waals surface area contributed by atoms with Crippen LogP contribution < -0.4 is 4.90 Å². The largest absolute Gasteiger partial charge is 0.448 e. The van der Waals surface area contributed by atoms with Crippen LogP contribution in [0.2, 0.25) is 0 Å². The lowest BCUT2D eigenvalue weighted by Crippen LogP contribution is -2.38. The highest BCUT2D eigenvalue weighted by Crippen LogP contribution is 2.24. The lowest BCUT2D eigenvalue weighted by molar-refractivity contribution is 0.150. The van der Waals surface area contributed by atoms with E-state index in [1.165, 1.54) is 6.20 Å². The average molecular weight is 259 g/mol. The Kier molecular flexibility index (Phi) is 2.91. The van der Waals surface area contributed by atoms with Crippen molar-refractivity contribution in [2.45, 2.75) is 12.5 Å². The maximum absolute atomic E-state index is 11.5. The minimum atomic E-state index is -0.244. The summed E-state index contributed by atoms with van der Waals surface area (Å²) < 4.78 is 4.95. The van der Waals surface area contributed by atoms with Crippen molar-refractivity contribution in [3.05, 3.63) is 18.1 Å². The summed E-state index contributed by atoms with van der Waals surface area (Å²) in [4.78, 5) is 23.5. The molecular weight excluding hydrogens is 246 g/mol. The molecule has 1 atom stereocenters. The van der Waals surface area contributed by atoms with Crippen molar-refractivity contribution in [3.8, 4) is 6.07 Å². The minimum absolute atomic E-state index is 0.128. The van der Waals surface area contributed by atoms with Crippen LogP contribution >= 0.6 is 0 Å². The highest BCUT2D eigenvalue weighted by molar-refractivity contribution is 5.70. The molecule has 1 amide bonds. The van der Waals surface area contributed by atoms with Crippen LogP contribution in [0, 0.1) is 11.3 Å². The van der Waals surface area contributed by atoms with Crippen LogP contribution in [0.5, 0.6) is 0 Å². The number of nitriles is 1. The van der Waals surface area contributed by atoms with Gasteiger partial charge in [0.05, 0.1) is 12.6 Å². The fourth-order valence-corrected chi connectivity index (χ4v) is 2.57. The van der Waals surface area contributed by atoms with Gasteiger partial charge in [-0.2, -0.15) is 5.26 Å². The molecule has 0 radical (unpaired) electrons. The summed E-state index contributed by atoms with van der Waals surface area (Å²) in [5, 5.41) is 9.03. The molecule has 2 aliphatic heterocycles. The standard InChI is InChI=1S/C12H13N5O2/c13-7-10-11(15-3-2-14-10)16-4-1-9(8-16)17-5-6-19-12(17)18/h2-3,9H,1,4-6,8H2. The van der Waals surface area contributed by atoms with Crippen LogP contribution in [-0.4, -0.2) is 53.2 Å². The lowest BCUT2D eigenvalue weighted by atomic mass is 10.2. The first-order valence-corrected chi connectivity index (χ1v) is 6.19. The van der Waals surface area contributed by atoms with E-state index >= 15 is 0 Å². The van der Waals surface area contributed by atoms with Gasteiger partial charge in [0, 0.05) is 25.5 Å². The normalized spacial score (nSPS) is 22.5. The Balaban J connectivity index is 1.75. The van der Waals surface area contributed by atoms with E-state index in [2.05, 4.69) is 9.97 Å². The molecule has 3 heterocycles. The topological polar surface area (TPSA) is 82.3 Å². The second-order valence-corrected chi connectivity index (χ2v) is 4.54. The van der Waals surface area contributed by atoms with E-state index in [0.717, 1.165) is 13.0 Å². The first-order chi connectivity index (χ1) is 9.29. The number of carbonyl (C=O) groups excluding carboxylic acids is 1. The molecule has 2 aliphatic rings. The Morgan fingerprint density at radius 1 is 1.37 bits per heavy atom. The highest BCUT2D eigenvalue weighted by atomic mass is 16.6. The van der Waals surface area contributed by atoms with Gasteiger partial charge in [-0.05, 0) is 6.42 Å². The maximum atomic E-state index is 11.5. The first-order valence-electron chi connectivity index (χ1n) is 6.19. The zero-order chi connectivity index (χ0) is 13.2. The maximum Gasteiger partial charge on any atom is 0.410 e. The zero-order valence-corrected chi connectivity index (χ0v) is 10.3. The van der Waals surface area contributed by atoms with Crippen LogP contribution in [0.25, 0.3) is 0 Å². The third kappa shape index (κ3) is 2.05. The first kappa shape index (κ1) is 11.7. The van der Waals surface area contributed by atoms with Gasteiger partial charge in [-0.25, -0.2) is 14.8 Å². The summed E-state index contributed by atoms with van der Waals surface area (Å²) in [6, 6.07) is 2.17. The Bertz CT molecular complexity index is 541. The van der Waals surface area contributed by atoms with E-state index in [4.69, 9.17) is 10.00 Å². The number of rotatable bonds is 2. The Morgan fingerprint density at radius 3 is 2.95 bits per heavy atom. The van der Waals surface area contributed by atoms with Crippen molar-refractivity contribution in [2.24, 2.45) is 0 Å². The summed E-state index contributed by atoms with van der Waals surface area (Å²) in [6.45, 7) is 2.54. The molecule has 0 spiro atoms. The predicted octanol–water partition coefficient (Wildman–Crippen LogP) is 0.379. The summed E-state index contributed by atoms with van der Waals surface area (Å²) in [7, 11) is 0. The molecule has 1 aromatic heterocycles. The van der Waals surface area contributed by atoms with Crippen molar-refractivity contribution in [3.63, 3.8) is 0 Å². The molecule has 2 fully saturated rings. The molecule has 3 rings (SSSR count). The van der Waals surface area contributed by atoms with Crippen molar-refractivity contribution >= 4 is 11.9 Å². The van der Waals surface area contributed by atoms with Gasteiger partial charge in [-0.15, -0.1) is 0 Å². The van der Waals surface area contributed by atoms with Gasteiger partial charge in [-0.3, -0.25) is 4.90 Å². The number of amides is 1. The molecule has 2 saturated heterocycles. The third-order valence-corrected chi connectivity index (χ3v) is 3.48. The quantitative estimate of drug-likeness (QED) is 0.763. The van der Waals surface area contributed by atoms with Crippen molar-refractivity contribution < 1.29 is 9.53 Å². The average Bonchev–Trinajstić information content (AvgIpc) is 3.07. The van der Waals surface area contributed by atoms with Crippen molar-refractivity contribution in [2.75, 3.05) is 31.1 Å². The number of ether oxygens (including phenoxy) is 1. The van der Waals surface area contributed by atoms with E-state index in [1.807, 2.05) is 11.0 Å². The fourth-order valence-electron chi connectivity index (χ4n) is 2.57. The van der Waals surface area contributed by atoms with Gasteiger partial charge in [0.25, 0.3) is 0 Å². The Hall–Kier alpha value is -2.36. The van der Waals surface area contributed by atoms with Gasteiger partial charge in [0.15, 0.2) is 11.5 Å². The number of cyclic esters (lactones) is 1. The lowest BCUT2D eigenvalue weighted by Gasteiger charge is -2.22. The minimum Gasteiger partial charge on any atom is -0.448 e. The smallest absolute Gasteiger partial charge is 0.410 e. The second-order valence-electron chi connectivity index (χ2n) is 4.54. The second kappa shape index (κ2) is 4.72. The number of hydrogen-bond donors (Lipinski definition) is 0. The molecule has 0 bridgehead atoms. The van der Waals surface area contributed by atoms with E-state index in [1.54, 1.807) is 11.1 Å². The van der Waals surface area contributed by atoms with Gasteiger partial charge in [-0.1, -0.05) is 0 Å². The molecular formula is C12H13N5O2. The molecule has 0 aromatic carbocycles. The van der Waals surface area contributed by atoms with Crippen molar-refractivity contribution in [1.29, 1.82) is 5.26 Å². The molecule has 0 N–H and O–H groups in total. The van der Waals surface area contributed by atoms with Crippen LogP contribution in [-0.2, 0) is 4.74 Å². The van der Waals surface area contributed by atoms with E-state index in [9.17, 15) is 4.79 Å². The molecule has 1 unspecified atom stereocenters. The number of anilines is 1. The van der Waals surface area contributed by atoms with Gasteiger partial charge in [0.1, 0.15) is 12.7 Å². The van der Waals surface area contributed by atoms with E-state index in [0.29, 0.717) is 31.2 Å². The zero-order valence-electron chi connectivity index (χ0n) is 10.3. The monoisotopic (exact) mass is 259 g/mol. The molecule has 19 heavy (non-hydrogen) atoms. The highest BCUT2D eigenvalue weighted by Gasteiger charge is 2.35. The predicted molar refractivity (Wildman–Crippen MR) is 65.4 cm³/mol. The molecule has 1 aromatic rings. The van der Waals surface area contributed by atoms with E-state index in [-0.39, 0.29) is 12.1 Å². The number of nitrogens with zero attached hydrogens (tertiary/aromatic N) is 5. The van der Waals surface area contributed by atoms with Crippen LogP contribution in [0.3, 0.4) is 0 Å². The number of hydrogen-bond acceptors (Lipinski definition) is 6. The SMILES string of the molecule is N#Cc1nccnc1N1CCC(N2CCOC2=O)C1. The van der Waals surface area contributed by atoms with Crippen LogP contribution in [0.1, 0.15) is 12.1 Å². The third-order valence-electron chi connectivity index (χ3n) is 3.48. The van der Waals surface area contributed by atoms with Crippen LogP contribution in [0.4, 0.5) is 10.6 Å². The molecule has 0 saturated carbocycles. The summed E-state index contributed by atoms with van der Waals surface area (Å²) >= 11 is 0. The number of aromatic nitrogens is 2. The van der Waals surface area contributed by atoms with Crippen LogP contribution in [0.15, 0.2) is 12.4 Å². The van der Waals surface area contributed by atoms with Gasteiger partial charge >= 0.3 is 6.09 Å². The van der Waals surface area contributed by atoms with E-state index < -0.39 is 0 Å². The summed E-state index contributed by atoms with van der Waals surface area (Å²) in [5.74, 6) is 0.597. The molecule has 0 aliphatic carbocycles. The summed E-state index contributed by atoms with van der Waals surface area (Å²) in [6.07, 6.45) is 3.70. The van der Waals surface area contributed by atoms with Gasteiger partial charge < -0.3 is 9.64 Å². The molecule has 98 valence electrons. The number of carbonyl (C=O) groups is 1. The Morgan fingerprint density at radius 2 is 2.21 bits per heavy atom. The summed E-state index contributed by atoms with van der Waals surface area (Å²) in [5.41, 5.74) is 0.326. The molecule has 7 nitrogen and oxygen atoms in total. The fraction of sp³-hybridized carbons (Fsp3) is 0.500.